The average molecular weight is 444 g/mol. The Kier molecular flexibility index (Phi) is 25.1. The van der Waals surface area contributed by atoms with Crippen molar-refractivity contribution in [3.63, 3.8) is 0 Å². The van der Waals surface area contributed by atoms with Crippen LogP contribution in [0.3, 0.4) is 0 Å². The largest absolute Gasteiger partial charge is 1.00 e. The van der Waals surface area contributed by atoms with E-state index < -0.39 is 5.82 Å². The predicted molar refractivity (Wildman–Crippen MR) is 96.7 cm³/mol. The fraction of sp³-hybridized carbons (Fsp3) is 0.375. The summed E-state index contributed by atoms with van der Waals surface area (Å²) in [5.41, 5.74) is -0.121. The van der Waals surface area contributed by atoms with Gasteiger partial charge in [-0.25, -0.2) is 0 Å². The Hall–Kier alpha value is -2.29. The molecule has 0 fully saturated rings. The normalized spacial score (nSPS) is 8.27. The van der Waals surface area contributed by atoms with Crippen LogP contribution in [0, 0.1) is 15.6 Å². The number of nitroso groups, excluding NO2 is 2. The second-order valence-corrected chi connectivity index (χ2v) is 4.89. The third-order valence-corrected chi connectivity index (χ3v) is 2.64. The van der Waals surface area contributed by atoms with Crippen molar-refractivity contribution in [3.05, 3.63) is 52.6 Å². The van der Waals surface area contributed by atoms with Gasteiger partial charge in [-0.05, 0) is 23.2 Å². The summed E-state index contributed by atoms with van der Waals surface area (Å²) in [5.74, 6) is -0.554. The van der Waals surface area contributed by atoms with Gasteiger partial charge in [0.1, 0.15) is 0 Å². The van der Waals surface area contributed by atoms with E-state index in [4.69, 9.17) is 20.3 Å². The van der Waals surface area contributed by atoms with Crippen molar-refractivity contribution < 1.29 is 76.0 Å². The van der Waals surface area contributed by atoms with Gasteiger partial charge in [0.25, 0.3) is 12.4 Å². The maximum atomic E-state index is 12.4. The van der Waals surface area contributed by atoms with Crippen LogP contribution >= 0.6 is 0 Å². The number of pyridine rings is 2. The molecule has 0 aliphatic heterocycles. The number of hydrogen-bond acceptors (Lipinski definition) is 10. The first-order chi connectivity index (χ1) is 12.9. The van der Waals surface area contributed by atoms with Gasteiger partial charge in [0.05, 0.1) is 6.61 Å². The summed E-state index contributed by atoms with van der Waals surface area (Å²) in [7, 11) is 0. The summed E-state index contributed by atoms with van der Waals surface area (Å²) < 4.78 is 18.9. The summed E-state index contributed by atoms with van der Waals surface area (Å²) in [5, 5.41) is 30.6. The third-order valence-electron chi connectivity index (χ3n) is 2.64. The molecule has 0 aromatic carbocycles. The van der Waals surface area contributed by atoms with Gasteiger partial charge in [-0.3, -0.25) is 10.4 Å². The summed E-state index contributed by atoms with van der Waals surface area (Å²) in [6.07, 6.45) is 6.18. The first-order valence-corrected chi connectivity index (χ1v) is 7.98. The van der Waals surface area contributed by atoms with Gasteiger partial charge in [-0.2, -0.15) is 4.39 Å². The summed E-state index contributed by atoms with van der Waals surface area (Å²) in [6.45, 7) is 4.69. The second-order valence-electron chi connectivity index (χ2n) is 4.89. The molecule has 2 aromatic rings. The Balaban J connectivity index is -0.000000113. The molecule has 2 heterocycles. The zero-order valence-electron chi connectivity index (χ0n) is 17.9. The molecule has 0 amide bonds. The van der Waals surface area contributed by atoms with E-state index in [0.29, 0.717) is 23.7 Å². The molecular formula is C16H26FN4NaO8. The van der Waals surface area contributed by atoms with Crippen molar-refractivity contribution in [2.45, 2.75) is 26.7 Å². The van der Waals surface area contributed by atoms with E-state index in [9.17, 15) is 14.2 Å². The molecular weight excluding hydrogens is 418 g/mol. The molecule has 0 aliphatic rings. The van der Waals surface area contributed by atoms with Crippen molar-refractivity contribution >= 4 is 11.4 Å². The maximum Gasteiger partial charge on any atom is 1.00 e. The van der Waals surface area contributed by atoms with E-state index in [2.05, 4.69) is 10.4 Å². The van der Waals surface area contributed by atoms with Crippen LogP contribution in [0.15, 0.2) is 47.3 Å². The van der Waals surface area contributed by atoms with E-state index in [-0.39, 0.29) is 53.3 Å². The monoisotopic (exact) mass is 444 g/mol. The molecule has 2 aromatic heterocycles. The molecule has 0 bridgehead atoms. The van der Waals surface area contributed by atoms with Gasteiger partial charge in [0, 0.05) is 28.2 Å². The molecule has 0 saturated heterocycles. The molecule has 12 nitrogen and oxygen atoms in total. The fourth-order valence-electron chi connectivity index (χ4n) is 1.38. The van der Waals surface area contributed by atoms with Crippen LogP contribution < -0.4 is 43.8 Å². The smallest absolute Gasteiger partial charge is 1.00 e. The Morgan fingerprint density at radius 2 is 1.47 bits per heavy atom. The van der Waals surface area contributed by atoms with Crippen LogP contribution in [0.5, 0.6) is 5.75 Å². The van der Waals surface area contributed by atoms with Crippen molar-refractivity contribution in [3.8, 4) is 5.75 Å². The predicted octanol–water partition coefficient (Wildman–Crippen LogP) is -0.702. The Morgan fingerprint density at radius 1 is 1.00 bits per heavy atom. The molecule has 0 unspecified atom stereocenters. The maximum absolute atomic E-state index is 12.4. The van der Waals surface area contributed by atoms with E-state index >= 15 is 0 Å². The number of ether oxygens (including phenoxy) is 1. The number of hydrogen-bond donors (Lipinski definition) is 3. The van der Waals surface area contributed by atoms with Crippen LogP contribution in [0.4, 0.5) is 15.8 Å². The molecule has 0 aliphatic carbocycles. The number of aliphatic hydroxyl groups excluding tert-OH is 1. The SMILES string of the molecule is CCCO.CCCOc1c[n+](O)ccc1N=O.O=Nc1cc[n+](O)cc1F.[H-].[Na+].[OH-].[OH-]. The fourth-order valence-corrected chi connectivity index (χ4v) is 1.38. The molecule has 2 rings (SSSR count). The Bertz CT molecular complexity index is 732. The summed E-state index contributed by atoms with van der Waals surface area (Å²) in [6, 6.07) is 2.46. The molecule has 30 heavy (non-hydrogen) atoms. The van der Waals surface area contributed by atoms with Crippen molar-refractivity contribution in [2.24, 2.45) is 10.4 Å². The standard InChI is InChI=1S/C8H11N2O3.C5H4FN2O2.C3H8O.Na.2H2O.H/c1-2-5-13-8-6-10(12)4-3-7(8)9-11;6-4-3-8(10)2-1-5(4)7-9;1-2-3-4;;;;/h3-4,6,12H,2,5H2,1H3;1-3,10H;4H,2-3H2,1H3;;2*1H2;/q2*+1;;+1;;;-1/p-2. The molecule has 0 radical (unpaired) electrons. The first kappa shape index (κ1) is 35.2. The van der Waals surface area contributed by atoms with E-state index in [0.717, 1.165) is 36.0 Å². The number of halogens is 1. The van der Waals surface area contributed by atoms with E-state index in [1.54, 1.807) is 0 Å². The average Bonchev–Trinajstić information content (AvgIpc) is 2.67. The second kappa shape index (κ2) is 21.4. The number of rotatable bonds is 6. The number of nitrogens with zero attached hydrogens (tertiary/aromatic N) is 4. The molecule has 0 spiro atoms. The zero-order chi connectivity index (χ0) is 20.7. The van der Waals surface area contributed by atoms with Gasteiger partial charge >= 0.3 is 29.6 Å². The number of aromatic nitrogens is 2. The minimum atomic E-state index is -0.847. The van der Waals surface area contributed by atoms with Crippen LogP contribution in [-0.2, 0) is 0 Å². The first-order valence-electron chi connectivity index (χ1n) is 7.98. The topological polar surface area (TPSA) is 197 Å². The van der Waals surface area contributed by atoms with Crippen LogP contribution in [-0.4, -0.2) is 39.7 Å². The van der Waals surface area contributed by atoms with Gasteiger partial charge in [0.15, 0.2) is 11.4 Å². The Labute approximate surface area is 195 Å². The summed E-state index contributed by atoms with van der Waals surface area (Å²) in [4.78, 5) is 20.0. The van der Waals surface area contributed by atoms with Crippen LogP contribution in [0.1, 0.15) is 28.1 Å². The van der Waals surface area contributed by atoms with Gasteiger partial charge in [-0.15, -0.1) is 9.81 Å². The third kappa shape index (κ3) is 14.7. The van der Waals surface area contributed by atoms with Crippen LogP contribution in [0.25, 0.3) is 0 Å². The van der Waals surface area contributed by atoms with Gasteiger partial charge < -0.3 is 22.2 Å². The quantitative estimate of drug-likeness (QED) is 0.225. The van der Waals surface area contributed by atoms with E-state index in [1.807, 2.05) is 13.8 Å². The molecule has 14 heteroatoms. The van der Waals surface area contributed by atoms with Crippen molar-refractivity contribution in [1.82, 2.24) is 0 Å². The number of aliphatic hydroxyl groups is 1. The molecule has 166 valence electrons. The zero-order valence-corrected chi connectivity index (χ0v) is 18.9. The van der Waals surface area contributed by atoms with Crippen molar-refractivity contribution in [2.75, 3.05) is 13.2 Å². The van der Waals surface area contributed by atoms with E-state index in [1.165, 1.54) is 18.5 Å². The van der Waals surface area contributed by atoms with Gasteiger partial charge in [0.2, 0.25) is 24.0 Å². The summed E-state index contributed by atoms with van der Waals surface area (Å²) >= 11 is 0. The molecule has 0 atom stereocenters. The molecule has 5 N–H and O–H groups in total. The van der Waals surface area contributed by atoms with Gasteiger partial charge in [-0.1, -0.05) is 13.8 Å². The molecule has 0 saturated carbocycles. The Morgan fingerprint density at radius 3 is 1.87 bits per heavy atom. The van der Waals surface area contributed by atoms with Crippen LogP contribution in [0.2, 0.25) is 0 Å². The minimum absolute atomic E-state index is 0. The minimum Gasteiger partial charge on any atom is -1.00 e. The van der Waals surface area contributed by atoms with Crippen molar-refractivity contribution in [1.29, 1.82) is 0 Å².